The molecule has 1 heterocycles. The van der Waals surface area contributed by atoms with Crippen molar-refractivity contribution in [2.75, 3.05) is 0 Å². The third-order valence-corrected chi connectivity index (χ3v) is 4.58. The summed E-state index contributed by atoms with van der Waals surface area (Å²) >= 11 is 15.5. The van der Waals surface area contributed by atoms with Crippen molar-refractivity contribution in [2.45, 2.75) is 19.4 Å². The van der Waals surface area contributed by atoms with Gasteiger partial charge in [0.25, 0.3) is 0 Å². The van der Waals surface area contributed by atoms with Gasteiger partial charge in [-0.3, -0.25) is 4.68 Å². The smallest absolute Gasteiger partial charge is 0.0860 e. The van der Waals surface area contributed by atoms with E-state index in [1.807, 2.05) is 14.0 Å². The van der Waals surface area contributed by atoms with E-state index in [9.17, 15) is 5.11 Å². The Kier molecular flexibility index (Phi) is 4.56. The standard InChI is InChI=1S/C13H13BrCl2N2O/c1-7-13(14)11(18(2)17-7)6-12(19)9-5-8(15)3-4-10(9)16/h3-5,12,19H,6H2,1-2H3. The monoisotopic (exact) mass is 362 g/mol. The lowest BCUT2D eigenvalue weighted by Gasteiger charge is -2.13. The Morgan fingerprint density at radius 3 is 2.68 bits per heavy atom. The molecule has 0 aliphatic heterocycles. The molecule has 1 unspecified atom stereocenters. The highest BCUT2D eigenvalue weighted by atomic mass is 79.9. The fourth-order valence-electron chi connectivity index (χ4n) is 1.96. The van der Waals surface area contributed by atoms with Crippen molar-refractivity contribution in [1.82, 2.24) is 9.78 Å². The van der Waals surface area contributed by atoms with E-state index in [4.69, 9.17) is 23.2 Å². The van der Waals surface area contributed by atoms with Crippen LogP contribution < -0.4 is 0 Å². The summed E-state index contributed by atoms with van der Waals surface area (Å²) in [6, 6.07) is 5.07. The fraction of sp³-hybridized carbons (Fsp3) is 0.308. The summed E-state index contributed by atoms with van der Waals surface area (Å²) in [5, 5.41) is 15.7. The molecule has 102 valence electrons. The number of aliphatic hydroxyl groups excluding tert-OH is 1. The molecule has 1 atom stereocenters. The van der Waals surface area contributed by atoms with Crippen LogP contribution in [0, 0.1) is 6.92 Å². The number of aryl methyl sites for hydroxylation is 2. The predicted molar refractivity (Wildman–Crippen MR) is 80.8 cm³/mol. The number of aliphatic hydroxyl groups is 1. The zero-order valence-electron chi connectivity index (χ0n) is 10.5. The number of nitrogens with zero attached hydrogens (tertiary/aromatic N) is 2. The van der Waals surface area contributed by atoms with Crippen molar-refractivity contribution in [3.8, 4) is 0 Å². The van der Waals surface area contributed by atoms with E-state index in [-0.39, 0.29) is 0 Å². The van der Waals surface area contributed by atoms with Crippen molar-refractivity contribution in [3.05, 3.63) is 49.7 Å². The number of hydrogen-bond donors (Lipinski definition) is 1. The molecule has 0 radical (unpaired) electrons. The molecule has 0 aliphatic carbocycles. The molecule has 1 aromatic carbocycles. The van der Waals surface area contributed by atoms with Crippen LogP contribution >= 0.6 is 39.1 Å². The first-order valence-corrected chi connectivity index (χ1v) is 7.26. The maximum atomic E-state index is 10.3. The summed E-state index contributed by atoms with van der Waals surface area (Å²) in [5.74, 6) is 0. The van der Waals surface area contributed by atoms with Gasteiger partial charge in [-0.05, 0) is 41.1 Å². The largest absolute Gasteiger partial charge is 0.388 e. The molecule has 2 rings (SSSR count). The maximum absolute atomic E-state index is 10.3. The third-order valence-electron chi connectivity index (χ3n) is 2.97. The van der Waals surface area contributed by atoms with E-state index in [1.54, 1.807) is 22.9 Å². The topological polar surface area (TPSA) is 38.0 Å². The number of halogens is 3. The zero-order chi connectivity index (χ0) is 14.2. The summed E-state index contributed by atoms with van der Waals surface area (Å²) in [6.45, 7) is 1.91. The minimum atomic E-state index is -0.725. The molecule has 0 amide bonds. The molecule has 0 spiro atoms. The van der Waals surface area contributed by atoms with E-state index in [0.29, 0.717) is 22.0 Å². The van der Waals surface area contributed by atoms with E-state index in [1.165, 1.54) is 0 Å². The molecular formula is C13H13BrCl2N2O. The van der Waals surface area contributed by atoms with E-state index in [0.717, 1.165) is 15.9 Å². The van der Waals surface area contributed by atoms with Crippen molar-refractivity contribution < 1.29 is 5.11 Å². The summed E-state index contributed by atoms with van der Waals surface area (Å²) in [4.78, 5) is 0. The van der Waals surface area contributed by atoms with Gasteiger partial charge in [0.05, 0.1) is 22.0 Å². The average Bonchev–Trinajstić information content (AvgIpc) is 2.59. The van der Waals surface area contributed by atoms with Gasteiger partial charge in [-0.25, -0.2) is 0 Å². The highest BCUT2D eigenvalue weighted by Crippen LogP contribution is 2.31. The van der Waals surface area contributed by atoms with Gasteiger partial charge in [0.1, 0.15) is 0 Å². The first-order valence-electron chi connectivity index (χ1n) is 5.71. The molecule has 0 saturated heterocycles. The summed E-state index contributed by atoms with van der Waals surface area (Å²) in [7, 11) is 1.85. The normalized spacial score (nSPS) is 12.7. The fourth-order valence-corrected chi connectivity index (χ4v) is 2.89. The predicted octanol–water partition coefficient (Wildman–Crippen LogP) is 4.07. The molecule has 3 nitrogen and oxygen atoms in total. The van der Waals surface area contributed by atoms with Gasteiger partial charge < -0.3 is 5.11 Å². The van der Waals surface area contributed by atoms with Gasteiger partial charge >= 0.3 is 0 Å². The van der Waals surface area contributed by atoms with Crippen LogP contribution in [0.3, 0.4) is 0 Å². The minimum Gasteiger partial charge on any atom is -0.388 e. The first kappa shape index (κ1) is 14.9. The Bertz CT molecular complexity index is 613. The molecule has 19 heavy (non-hydrogen) atoms. The second-order valence-corrected chi connectivity index (χ2v) is 5.99. The molecule has 1 aromatic heterocycles. The lowest BCUT2D eigenvalue weighted by atomic mass is 10.0. The summed E-state index contributed by atoms with van der Waals surface area (Å²) in [6.07, 6.45) is -0.310. The van der Waals surface area contributed by atoms with Gasteiger partial charge in [-0.2, -0.15) is 5.10 Å². The average molecular weight is 364 g/mol. The lowest BCUT2D eigenvalue weighted by Crippen LogP contribution is -2.07. The number of aromatic nitrogens is 2. The zero-order valence-corrected chi connectivity index (χ0v) is 13.6. The molecule has 0 bridgehead atoms. The van der Waals surface area contributed by atoms with Crippen molar-refractivity contribution in [3.63, 3.8) is 0 Å². The van der Waals surface area contributed by atoms with Crippen LogP contribution in [0.4, 0.5) is 0 Å². The molecule has 2 aromatic rings. The van der Waals surface area contributed by atoms with Gasteiger partial charge in [-0.15, -0.1) is 0 Å². The summed E-state index contributed by atoms with van der Waals surface area (Å²) < 4.78 is 2.66. The van der Waals surface area contributed by atoms with E-state index in [2.05, 4.69) is 21.0 Å². The Balaban J connectivity index is 2.30. The summed E-state index contributed by atoms with van der Waals surface area (Å²) in [5.41, 5.74) is 2.43. The van der Waals surface area contributed by atoms with Crippen molar-refractivity contribution >= 4 is 39.1 Å². The first-order chi connectivity index (χ1) is 8.90. The van der Waals surface area contributed by atoms with Crippen LogP contribution in [-0.2, 0) is 13.5 Å². The van der Waals surface area contributed by atoms with Gasteiger partial charge in [-0.1, -0.05) is 23.2 Å². The number of rotatable bonds is 3. The van der Waals surface area contributed by atoms with Crippen LogP contribution in [0.1, 0.15) is 23.1 Å². The van der Waals surface area contributed by atoms with E-state index < -0.39 is 6.10 Å². The maximum Gasteiger partial charge on any atom is 0.0860 e. The van der Waals surface area contributed by atoms with Gasteiger partial charge in [0, 0.05) is 29.1 Å². The van der Waals surface area contributed by atoms with Crippen LogP contribution in [0.15, 0.2) is 22.7 Å². The van der Waals surface area contributed by atoms with Crippen LogP contribution in [0.5, 0.6) is 0 Å². The molecule has 0 aliphatic rings. The highest BCUT2D eigenvalue weighted by molar-refractivity contribution is 9.10. The molecule has 6 heteroatoms. The van der Waals surface area contributed by atoms with Gasteiger partial charge in [0.15, 0.2) is 0 Å². The molecule has 0 fully saturated rings. The second kappa shape index (κ2) is 5.83. The Morgan fingerprint density at radius 2 is 2.11 bits per heavy atom. The number of benzene rings is 1. The Morgan fingerprint density at radius 1 is 1.42 bits per heavy atom. The van der Waals surface area contributed by atoms with Gasteiger partial charge in [0.2, 0.25) is 0 Å². The number of hydrogen-bond acceptors (Lipinski definition) is 2. The van der Waals surface area contributed by atoms with Crippen molar-refractivity contribution in [2.24, 2.45) is 7.05 Å². The molecule has 0 saturated carbocycles. The lowest BCUT2D eigenvalue weighted by molar-refractivity contribution is 0.175. The van der Waals surface area contributed by atoms with Crippen LogP contribution in [0.2, 0.25) is 10.0 Å². The quantitative estimate of drug-likeness (QED) is 0.892. The molecule has 1 N–H and O–H groups in total. The van der Waals surface area contributed by atoms with Crippen LogP contribution in [0.25, 0.3) is 0 Å². The Hall–Kier alpha value is -0.550. The van der Waals surface area contributed by atoms with Crippen molar-refractivity contribution in [1.29, 1.82) is 0 Å². The minimum absolute atomic E-state index is 0.415. The Labute approximate surface area is 130 Å². The third kappa shape index (κ3) is 3.14. The van der Waals surface area contributed by atoms with Crippen LogP contribution in [-0.4, -0.2) is 14.9 Å². The highest BCUT2D eigenvalue weighted by Gasteiger charge is 2.18. The molecular weight excluding hydrogens is 351 g/mol. The second-order valence-electron chi connectivity index (χ2n) is 4.36. The van der Waals surface area contributed by atoms with E-state index >= 15 is 0 Å². The SMILES string of the molecule is Cc1nn(C)c(CC(O)c2cc(Cl)ccc2Cl)c1Br.